The number of nitrogens with zero attached hydrogens (tertiary/aromatic N) is 1. The van der Waals surface area contributed by atoms with Gasteiger partial charge in [-0.25, -0.2) is 0 Å². The number of halogens is 1. The molecule has 0 bridgehead atoms. The Bertz CT molecular complexity index is 329. The monoisotopic (exact) mass is 242 g/mol. The molecule has 0 aliphatic rings. The molecule has 0 spiro atoms. The van der Waals surface area contributed by atoms with Crippen molar-refractivity contribution in [2.24, 2.45) is 0 Å². The topological polar surface area (TPSA) is 35.5 Å². The molecule has 0 unspecified atom stereocenters. The van der Waals surface area contributed by atoms with Gasteiger partial charge in [0.1, 0.15) is 5.75 Å². The lowest BCUT2D eigenvalue weighted by atomic mass is 10.2. The van der Waals surface area contributed by atoms with Gasteiger partial charge in [-0.1, -0.05) is 17.7 Å². The zero-order chi connectivity index (χ0) is 12.0. The number of phenols is 1. The lowest BCUT2D eigenvalue weighted by molar-refractivity contribution is 0.394. The Labute approximate surface area is 102 Å². The summed E-state index contributed by atoms with van der Waals surface area (Å²) in [5.74, 6) is 0.137. The van der Waals surface area contributed by atoms with E-state index in [-0.39, 0.29) is 5.75 Å². The number of hydrogen-bond donors (Lipinski definition) is 2. The van der Waals surface area contributed by atoms with Crippen LogP contribution < -0.4 is 5.32 Å². The number of rotatable bonds is 6. The number of nitrogens with one attached hydrogen (secondary N) is 1. The molecular formula is C12H19ClN2O. The fraction of sp³-hybridized carbons (Fsp3) is 0.500. The van der Waals surface area contributed by atoms with Gasteiger partial charge in [-0.15, -0.1) is 0 Å². The maximum atomic E-state index is 9.26. The summed E-state index contributed by atoms with van der Waals surface area (Å²) < 4.78 is 0. The Morgan fingerprint density at radius 3 is 2.75 bits per heavy atom. The second-order valence-corrected chi connectivity index (χ2v) is 4.53. The molecule has 1 rings (SSSR count). The number of phenolic OH excluding ortho intramolecular Hbond substituents is 1. The summed E-state index contributed by atoms with van der Waals surface area (Å²) >= 11 is 5.81. The molecule has 0 amide bonds. The van der Waals surface area contributed by atoms with Crippen LogP contribution in [0.5, 0.6) is 5.75 Å². The summed E-state index contributed by atoms with van der Waals surface area (Å²) in [6, 6.07) is 5.29. The molecule has 0 aliphatic carbocycles. The van der Waals surface area contributed by atoms with Crippen molar-refractivity contribution in [3.05, 3.63) is 28.8 Å². The highest BCUT2D eigenvalue weighted by atomic mass is 35.5. The van der Waals surface area contributed by atoms with Gasteiger partial charge in [-0.3, -0.25) is 0 Å². The molecule has 3 nitrogen and oxygen atoms in total. The van der Waals surface area contributed by atoms with Gasteiger partial charge in [-0.2, -0.15) is 0 Å². The van der Waals surface area contributed by atoms with E-state index in [0.29, 0.717) is 5.02 Å². The van der Waals surface area contributed by atoms with E-state index in [0.717, 1.165) is 31.6 Å². The van der Waals surface area contributed by atoms with E-state index in [1.807, 2.05) is 6.07 Å². The predicted octanol–water partition coefficient (Wildman–Crippen LogP) is 2.09. The van der Waals surface area contributed by atoms with Gasteiger partial charge >= 0.3 is 0 Å². The maximum absolute atomic E-state index is 9.26. The van der Waals surface area contributed by atoms with E-state index in [1.54, 1.807) is 12.1 Å². The average molecular weight is 243 g/mol. The molecule has 0 saturated heterocycles. The van der Waals surface area contributed by atoms with Gasteiger partial charge in [-0.05, 0) is 51.3 Å². The maximum Gasteiger partial charge on any atom is 0.134 e. The molecule has 0 saturated carbocycles. The molecule has 1 aromatic carbocycles. The molecule has 4 heteroatoms. The van der Waals surface area contributed by atoms with Crippen molar-refractivity contribution in [2.75, 3.05) is 27.2 Å². The first-order valence-electron chi connectivity index (χ1n) is 5.42. The molecule has 16 heavy (non-hydrogen) atoms. The summed E-state index contributed by atoms with van der Waals surface area (Å²) in [4.78, 5) is 2.17. The molecule has 0 aromatic heterocycles. The van der Waals surface area contributed by atoms with E-state index in [9.17, 15) is 5.11 Å². The molecule has 0 fully saturated rings. The Morgan fingerprint density at radius 2 is 2.12 bits per heavy atom. The van der Waals surface area contributed by atoms with Crippen LogP contribution >= 0.6 is 11.6 Å². The molecule has 0 atom stereocenters. The molecule has 0 radical (unpaired) electrons. The lowest BCUT2D eigenvalue weighted by Gasteiger charge is -2.10. The minimum atomic E-state index is 0.137. The largest absolute Gasteiger partial charge is 0.506 e. The van der Waals surface area contributed by atoms with Crippen molar-refractivity contribution < 1.29 is 5.11 Å². The van der Waals surface area contributed by atoms with E-state index in [1.165, 1.54) is 0 Å². The third-order valence-electron chi connectivity index (χ3n) is 2.30. The zero-order valence-electron chi connectivity index (χ0n) is 9.83. The van der Waals surface area contributed by atoms with Gasteiger partial charge < -0.3 is 15.3 Å². The summed E-state index contributed by atoms with van der Waals surface area (Å²) in [5.41, 5.74) is 1.09. The van der Waals surface area contributed by atoms with E-state index >= 15 is 0 Å². The van der Waals surface area contributed by atoms with E-state index in [4.69, 9.17) is 11.6 Å². The third-order valence-corrected chi connectivity index (χ3v) is 2.60. The van der Waals surface area contributed by atoms with Crippen LogP contribution in [-0.4, -0.2) is 37.2 Å². The Hall–Kier alpha value is -0.770. The van der Waals surface area contributed by atoms with Crippen molar-refractivity contribution in [3.8, 4) is 5.75 Å². The van der Waals surface area contributed by atoms with Crippen LogP contribution in [0.25, 0.3) is 0 Å². The first kappa shape index (κ1) is 13.3. The second-order valence-electron chi connectivity index (χ2n) is 4.12. The minimum absolute atomic E-state index is 0.137. The van der Waals surface area contributed by atoms with E-state index in [2.05, 4.69) is 24.3 Å². The van der Waals surface area contributed by atoms with Crippen LogP contribution in [0.3, 0.4) is 0 Å². The fourth-order valence-electron chi connectivity index (χ4n) is 1.41. The van der Waals surface area contributed by atoms with Crippen LogP contribution in [0.2, 0.25) is 5.02 Å². The van der Waals surface area contributed by atoms with Crippen LogP contribution in [-0.2, 0) is 6.54 Å². The Balaban J connectivity index is 2.24. The first-order valence-corrected chi connectivity index (χ1v) is 5.80. The SMILES string of the molecule is CN(C)CCCNCc1ccc(O)c(Cl)c1. The van der Waals surface area contributed by atoms with Crippen LogP contribution in [0.15, 0.2) is 18.2 Å². The van der Waals surface area contributed by atoms with Crippen molar-refractivity contribution in [2.45, 2.75) is 13.0 Å². The molecule has 90 valence electrons. The van der Waals surface area contributed by atoms with Crippen molar-refractivity contribution in [3.63, 3.8) is 0 Å². The lowest BCUT2D eigenvalue weighted by Crippen LogP contribution is -2.20. The summed E-state index contributed by atoms with van der Waals surface area (Å²) in [6.07, 6.45) is 1.12. The summed E-state index contributed by atoms with van der Waals surface area (Å²) in [7, 11) is 4.14. The smallest absolute Gasteiger partial charge is 0.134 e. The van der Waals surface area contributed by atoms with Gasteiger partial charge in [0.2, 0.25) is 0 Å². The predicted molar refractivity (Wildman–Crippen MR) is 68.0 cm³/mol. The van der Waals surface area contributed by atoms with Crippen molar-refractivity contribution in [1.82, 2.24) is 10.2 Å². The normalized spacial score (nSPS) is 11.0. The molecule has 0 heterocycles. The third kappa shape index (κ3) is 4.84. The second kappa shape index (κ2) is 6.74. The molecule has 0 aliphatic heterocycles. The van der Waals surface area contributed by atoms with Gasteiger partial charge in [0.25, 0.3) is 0 Å². The van der Waals surface area contributed by atoms with Crippen LogP contribution in [0.4, 0.5) is 0 Å². The quantitative estimate of drug-likeness (QED) is 0.750. The number of aromatic hydroxyl groups is 1. The highest BCUT2D eigenvalue weighted by Gasteiger charge is 1.99. The van der Waals surface area contributed by atoms with Crippen LogP contribution in [0, 0.1) is 0 Å². The van der Waals surface area contributed by atoms with Crippen molar-refractivity contribution in [1.29, 1.82) is 0 Å². The highest BCUT2D eigenvalue weighted by Crippen LogP contribution is 2.23. The molecular weight excluding hydrogens is 224 g/mol. The fourth-order valence-corrected chi connectivity index (χ4v) is 1.62. The summed E-state index contributed by atoms with van der Waals surface area (Å²) in [5, 5.41) is 13.0. The van der Waals surface area contributed by atoms with Crippen molar-refractivity contribution >= 4 is 11.6 Å². The van der Waals surface area contributed by atoms with Gasteiger partial charge in [0, 0.05) is 6.54 Å². The first-order chi connectivity index (χ1) is 7.59. The highest BCUT2D eigenvalue weighted by molar-refractivity contribution is 6.32. The zero-order valence-corrected chi connectivity index (χ0v) is 10.6. The van der Waals surface area contributed by atoms with Gasteiger partial charge in [0.05, 0.1) is 5.02 Å². The number of hydrogen-bond acceptors (Lipinski definition) is 3. The standard InChI is InChI=1S/C12H19ClN2O/c1-15(2)7-3-6-14-9-10-4-5-12(16)11(13)8-10/h4-5,8,14,16H,3,6-7,9H2,1-2H3. The van der Waals surface area contributed by atoms with Gasteiger partial charge in [0.15, 0.2) is 0 Å². The minimum Gasteiger partial charge on any atom is -0.506 e. The Morgan fingerprint density at radius 1 is 1.38 bits per heavy atom. The van der Waals surface area contributed by atoms with Crippen LogP contribution in [0.1, 0.15) is 12.0 Å². The Kier molecular flexibility index (Phi) is 5.60. The summed E-state index contributed by atoms with van der Waals surface area (Å²) in [6.45, 7) is 2.85. The molecule has 1 aromatic rings. The average Bonchev–Trinajstić information content (AvgIpc) is 2.22. The van der Waals surface area contributed by atoms with E-state index < -0.39 is 0 Å². The number of benzene rings is 1. The molecule has 2 N–H and O–H groups in total.